The Hall–Kier alpha value is -2.18. The third-order valence-corrected chi connectivity index (χ3v) is 1.11. The maximum atomic E-state index is 9.82. The van der Waals surface area contributed by atoms with Gasteiger partial charge in [-0.15, -0.1) is 0 Å². The smallest absolute Gasteiger partial charge is 0.343 e. The highest BCUT2D eigenvalue weighted by Gasteiger charge is 2.22. The summed E-state index contributed by atoms with van der Waals surface area (Å²) in [5.41, 5.74) is 0. The van der Waals surface area contributed by atoms with Crippen molar-refractivity contribution in [2.24, 2.45) is 0 Å². The predicted molar refractivity (Wildman–Crippen MR) is 35.4 cm³/mol. The van der Waals surface area contributed by atoms with Gasteiger partial charge in [0.15, 0.2) is 0 Å². The van der Waals surface area contributed by atoms with E-state index < -0.39 is 23.4 Å². The summed E-state index contributed by atoms with van der Waals surface area (Å²) in [4.78, 5) is 19.6. The molecular formula is C6H4O7. The Morgan fingerprint density at radius 1 is 1.00 bits per heavy atom. The summed E-state index contributed by atoms with van der Waals surface area (Å²) < 4.78 is 12.6. The highest BCUT2D eigenvalue weighted by Crippen LogP contribution is 2.45. The van der Waals surface area contributed by atoms with Gasteiger partial charge in [-0.3, -0.25) is 9.59 Å². The molecule has 0 saturated carbocycles. The first-order valence-corrected chi connectivity index (χ1v) is 2.96. The Kier molecular flexibility index (Phi) is 2.38. The molecule has 0 fully saturated rings. The molecule has 0 unspecified atom stereocenters. The van der Waals surface area contributed by atoms with E-state index in [4.69, 9.17) is 10.2 Å². The van der Waals surface area contributed by atoms with Crippen molar-refractivity contribution < 1.29 is 33.7 Å². The molecule has 0 aliphatic heterocycles. The van der Waals surface area contributed by atoms with Crippen LogP contribution < -0.4 is 9.47 Å². The SMILES string of the molecule is O=COc1oc(OC=O)c(O)c1O. The van der Waals surface area contributed by atoms with Crippen LogP contribution in [-0.4, -0.2) is 23.2 Å². The van der Waals surface area contributed by atoms with Crippen molar-refractivity contribution in [2.75, 3.05) is 0 Å². The topological polar surface area (TPSA) is 106 Å². The number of furan rings is 1. The lowest BCUT2D eigenvalue weighted by atomic mass is 10.5. The number of hydrogen-bond acceptors (Lipinski definition) is 7. The van der Waals surface area contributed by atoms with E-state index in [1.807, 2.05) is 0 Å². The number of carbonyl (C=O) groups excluding carboxylic acids is 2. The molecule has 2 N–H and O–H groups in total. The molecule has 0 atom stereocenters. The molecule has 0 aliphatic carbocycles. The van der Waals surface area contributed by atoms with Crippen LogP contribution >= 0.6 is 0 Å². The van der Waals surface area contributed by atoms with Gasteiger partial charge in [0.2, 0.25) is 11.5 Å². The predicted octanol–water partition coefficient (Wildman–Crippen LogP) is -0.239. The van der Waals surface area contributed by atoms with Gasteiger partial charge >= 0.3 is 24.8 Å². The normalized spacial score (nSPS) is 9.23. The van der Waals surface area contributed by atoms with Gasteiger partial charge < -0.3 is 24.1 Å². The molecule has 1 aromatic rings. The highest BCUT2D eigenvalue weighted by molar-refractivity contribution is 5.57. The lowest BCUT2D eigenvalue weighted by molar-refractivity contribution is -0.122. The van der Waals surface area contributed by atoms with E-state index >= 15 is 0 Å². The molecule has 0 saturated heterocycles. The molecule has 0 spiro atoms. The minimum absolute atomic E-state index is 0.0251. The van der Waals surface area contributed by atoms with Crippen molar-refractivity contribution in [3.8, 4) is 23.4 Å². The minimum Gasteiger partial charge on any atom is -0.499 e. The third-order valence-electron chi connectivity index (χ3n) is 1.11. The largest absolute Gasteiger partial charge is 0.499 e. The van der Waals surface area contributed by atoms with E-state index in [9.17, 15) is 9.59 Å². The van der Waals surface area contributed by atoms with Crippen molar-refractivity contribution >= 4 is 12.9 Å². The van der Waals surface area contributed by atoms with E-state index in [0.717, 1.165) is 0 Å². The van der Waals surface area contributed by atoms with Crippen LogP contribution in [0.5, 0.6) is 23.4 Å². The zero-order valence-corrected chi connectivity index (χ0v) is 6.09. The Morgan fingerprint density at radius 2 is 1.38 bits per heavy atom. The molecule has 13 heavy (non-hydrogen) atoms. The summed E-state index contributed by atoms with van der Waals surface area (Å²) in [7, 11) is 0. The molecule has 70 valence electrons. The van der Waals surface area contributed by atoms with E-state index in [2.05, 4.69) is 13.9 Å². The highest BCUT2D eigenvalue weighted by atomic mass is 16.7. The molecule has 0 bridgehead atoms. The van der Waals surface area contributed by atoms with E-state index in [-0.39, 0.29) is 12.9 Å². The standard InChI is InChI=1S/C6H4O7/c7-1-11-5-3(9)4(10)6(13-5)12-2-8/h1-2,9-10H. The van der Waals surface area contributed by atoms with Gasteiger partial charge in [0, 0.05) is 0 Å². The minimum atomic E-state index is -0.816. The second-order valence-corrected chi connectivity index (χ2v) is 1.80. The van der Waals surface area contributed by atoms with Gasteiger partial charge in [0.05, 0.1) is 0 Å². The summed E-state index contributed by atoms with van der Waals surface area (Å²) in [6, 6.07) is 0. The van der Waals surface area contributed by atoms with Crippen LogP contribution in [0.3, 0.4) is 0 Å². The first kappa shape index (κ1) is 8.91. The van der Waals surface area contributed by atoms with Crippen LogP contribution in [0.1, 0.15) is 0 Å². The van der Waals surface area contributed by atoms with E-state index in [1.54, 1.807) is 0 Å². The van der Waals surface area contributed by atoms with Crippen LogP contribution in [-0.2, 0) is 9.59 Å². The van der Waals surface area contributed by atoms with Gasteiger partial charge in [-0.25, -0.2) is 0 Å². The average Bonchev–Trinajstić information content (AvgIpc) is 2.36. The van der Waals surface area contributed by atoms with Crippen LogP contribution in [0.25, 0.3) is 0 Å². The van der Waals surface area contributed by atoms with Crippen molar-refractivity contribution in [1.82, 2.24) is 0 Å². The first-order valence-electron chi connectivity index (χ1n) is 2.96. The molecule has 7 nitrogen and oxygen atoms in total. The van der Waals surface area contributed by atoms with Crippen molar-refractivity contribution in [1.29, 1.82) is 0 Å². The van der Waals surface area contributed by atoms with Gasteiger partial charge in [0.25, 0.3) is 0 Å². The lowest BCUT2D eigenvalue weighted by Gasteiger charge is -1.88. The number of carbonyl (C=O) groups is 2. The number of rotatable bonds is 4. The monoisotopic (exact) mass is 188 g/mol. The molecule has 0 amide bonds. The Labute approximate surface area is 71.1 Å². The first-order chi connectivity index (χ1) is 6.20. The fourth-order valence-electron chi connectivity index (χ4n) is 0.621. The molecular weight excluding hydrogens is 184 g/mol. The van der Waals surface area contributed by atoms with Crippen LogP contribution in [0.2, 0.25) is 0 Å². The molecule has 1 rings (SSSR count). The summed E-state index contributed by atoms with van der Waals surface area (Å²) >= 11 is 0. The molecule has 0 radical (unpaired) electrons. The number of ether oxygens (including phenoxy) is 2. The molecule has 1 heterocycles. The second-order valence-electron chi connectivity index (χ2n) is 1.80. The Balaban J connectivity index is 3.03. The molecule has 0 aromatic carbocycles. The second kappa shape index (κ2) is 3.48. The van der Waals surface area contributed by atoms with Gasteiger partial charge in [-0.2, -0.15) is 0 Å². The fraction of sp³-hybridized carbons (Fsp3) is 0. The van der Waals surface area contributed by atoms with Gasteiger partial charge in [0.1, 0.15) is 0 Å². The average molecular weight is 188 g/mol. The van der Waals surface area contributed by atoms with Crippen molar-refractivity contribution in [2.45, 2.75) is 0 Å². The quantitative estimate of drug-likeness (QED) is 0.628. The maximum absolute atomic E-state index is 9.82. The summed E-state index contributed by atoms with van der Waals surface area (Å²) in [5.74, 6) is -2.93. The Bertz CT molecular complexity index is 295. The molecule has 1 aromatic heterocycles. The number of aromatic hydroxyl groups is 2. The maximum Gasteiger partial charge on any atom is 0.343 e. The zero-order valence-electron chi connectivity index (χ0n) is 6.09. The third kappa shape index (κ3) is 1.53. The van der Waals surface area contributed by atoms with Crippen molar-refractivity contribution in [3.05, 3.63) is 0 Å². The van der Waals surface area contributed by atoms with Crippen molar-refractivity contribution in [3.63, 3.8) is 0 Å². The Morgan fingerprint density at radius 3 is 1.69 bits per heavy atom. The molecule has 7 heteroatoms. The summed E-state index contributed by atoms with van der Waals surface area (Å²) in [6.45, 7) is -0.0502. The summed E-state index contributed by atoms with van der Waals surface area (Å²) in [5, 5.41) is 17.9. The lowest BCUT2D eigenvalue weighted by Crippen LogP contribution is -1.86. The van der Waals surface area contributed by atoms with E-state index in [1.165, 1.54) is 0 Å². The van der Waals surface area contributed by atoms with Gasteiger partial charge in [-0.1, -0.05) is 0 Å². The zero-order chi connectivity index (χ0) is 9.84. The molecule has 0 aliphatic rings. The van der Waals surface area contributed by atoms with Crippen LogP contribution in [0.15, 0.2) is 4.42 Å². The van der Waals surface area contributed by atoms with E-state index in [0.29, 0.717) is 0 Å². The fourth-order valence-corrected chi connectivity index (χ4v) is 0.621. The van der Waals surface area contributed by atoms with Crippen LogP contribution in [0.4, 0.5) is 0 Å². The van der Waals surface area contributed by atoms with Crippen LogP contribution in [0, 0.1) is 0 Å². The summed E-state index contributed by atoms with van der Waals surface area (Å²) in [6.07, 6.45) is 0. The van der Waals surface area contributed by atoms with Gasteiger partial charge in [-0.05, 0) is 0 Å². The number of hydrogen-bond donors (Lipinski definition) is 2.